The van der Waals surface area contributed by atoms with Crippen LogP contribution in [0.25, 0.3) is 0 Å². The van der Waals surface area contributed by atoms with Crippen LogP contribution in [0.1, 0.15) is 47.2 Å². The fourth-order valence-corrected chi connectivity index (χ4v) is 4.12. The van der Waals surface area contributed by atoms with E-state index in [2.05, 4.69) is 12.2 Å². The monoisotopic (exact) mass is 412 g/mol. The average Bonchev–Trinajstić information content (AvgIpc) is 2.81. The Kier molecular flexibility index (Phi) is 6.46. The Balaban J connectivity index is 1.54. The molecule has 4 nitrogen and oxygen atoms in total. The summed E-state index contributed by atoms with van der Waals surface area (Å²) in [4.78, 5) is 28.2. The molecule has 1 aliphatic rings. The lowest BCUT2D eigenvalue weighted by atomic mass is 9.90. The molecular formula is C27H28N2O2. The molecule has 0 atom stereocenters. The molecule has 0 aromatic heterocycles. The van der Waals surface area contributed by atoms with Gasteiger partial charge in [0.05, 0.1) is 5.92 Å². The van der Waals surface area contributed by atoms with Crippen molar-refractivity contribution in [3.8, 4) is 0 Å². The van der Waals surface area contributed by atoms with Crippen molar-refractivity contribution in [2.75, 3.05) is 18.4 Å². The van der Waals surface area contributed by atoms with Gasteiger partial charge < -0.3 is 10.2 Å². The minimum absolute atomic E-state index is 0.0330. The van der Waals surface area contributed by atoms with Crippen LogP contribution in [-0.4, -0.2) is 29.8 Å². The Bertz CT molecular complexity index is 986. The molecule has 4 rings (SSSR count). The summed E-state index contributed by atoms with van der Waals surface area (Å²) in [7, 11) is 0. The van der Waals surface area contributed by atoms with E-state index in [9.17, 15) is 9.59 Å². The molecule has 1 heterocycles. The molecule has 0 aliphatic carbocycles. The van der Waals surface area contributed by atoms with Crippen molar-refractivity contribution in [2.24, 2.45) is 5.92 Å². The minimum atomic E-state index is -0.426. The van der Waals surface area contributed by atoms with Crippen molar-refractivity contribution in [1.82, 2.24) is 4.90 Å². The van der Waals surface area contributed by atoms with E-state index in [4.69, 9.17) is 0 Å². The second kappa shape index (κ2) is 9.61. The summed E-state index contributed by atoms with van der Waals surface area (Å²) in [6.07, 6.45) is 2.08. The van der Waals surface area contributed by atoms with Crippen LogP contribution in [0, 0.1) is 5.92 Å². The number of likely N-dealkylation sites (tertiary alicyclic amines) is 1. The average molecular weight is 413 g/mol. The molecule has 4 heteroatoms. The molecule has 1 N–H and O–H groups in total. The first-order chi connectivity index (χ1) is 15.1. The SMILES string of the molecule is CC1CCN(C(=O)c2cccc(NC(=O)C(c3ccccc3)c3ccccc3)c2)CC1. The number of anilines is 1. The fourth-order valence-electron chi connectivity index (χ4n) is 4.12. The first-order valence-corrected chi connectivity index (χ1v) is 10.9. The third-order valence-corrected chi connectivity index (χ3v) is 5.98. The number of piperidine rings is 1. The smallest absolute Gasteiger partial charge is 0.253 e. The normalized spacial score (nSPS) is 14.5. The van der Waals surface area contributed by atoms with Gasteiger partial charge in [-0.1, -0.05) is 73.7 Å². The Labute approximate surface area is 183 Å². The lowest BCUT2D eigenvalue weighted by Gasteiger charge is -2.30. The van der Waals surface area contributed by atoms with E-state index < -0.39 is 5.92 Å². The van der Waals surface area contributed by atoms with Gasteiger partial charge in [0.1, 0.15) is 0 Å². The second-order valence-corrected chi connectivity index (χ2v) is 8.30. The molecule has 0 radical (unpaired) electrons. The number of rotatable bonds is 5. The van der Waals surface area contributed by atoms with Gasteiger partial charge in [0.15, 0.2) is 0 Å². The molecule has 0 saturated carbocycles. The molecule has 0 unspecified atom stereocenters. The molecule has 1 saturated heterocycles. The Morgan fingerprint density at radius 2 is 1.42 bits per heavy atom. The van der Waals surface area contributed by atoms with E-state index in [-0.39, 0.29) is 11.8 Å². The molecule has 1 aliphatic heterocycles. The molecule has 1 fully saturated rings. The van der Waals surface area contributed by atoms with E-state index in [1.807, 2.05) is 83.8 Å². The maximum absolute atomic E-state index is 13.3. The number of amides is 2. The molecule has 158 valence electrons. The maximum atomic E-state index is 13.3. The predicted molar refractivity (Wildman–Crippen MR) is 124 cm³/mol. The predicted octanol–water partition coefficient (Wildman–Crippen LogP) is 5.33. The summed E-state index contributed by atoms with van der Waals surface area (Å²) in [5.74, 6) is 0.160. The molecular weight excluding hydrogens is 384 g/mol. The zero-order chi connectivity index (χ0) is 21.6. The molecule has 3 aromatic carbocycles. The lowest BCUT2D eigenvalue weighted by Crippen LogP contribution is -2.37. The topological polar surface area (TPSA) is 49.4 Å². The van der Waals surface area contributed by atoms with Gasteiger partial charge in [-0.3, -0.25) is 9.59 Å². The quantitative estimate of drug-likeness (QED) is 0.616. The standard InChI is InChI=1S/C27H28N2O2/c1-20-15-17-29(18-16-20)27(31)23-13-8-14-24(19-23)28-26(30)25(21-9-4-2-5-10-21)22-11-6-3-7-12-22/h2-14,19-20,25H,15-18H2,1H3,(H,28,30). The van der Waals surface area contributed by atoms with E-state index in [0.717, 1.165) is 37.1 Å². The highest BCUT2D eigenvalue weighted by Gasteiger charge is 2.24. The number of hydrogen-bond acceptors (Lipinski definition) is 2. The van der Waals surface area contributed by atoms with Gasteiger partial charge in [-0.25, -0.2) is 0 Å². The van der Waals surface area contributed by atoms with Gasteiger partial charge in [-0.2, -0.15) is 0 Å². The van der Waals surface area contributed by atoms with Gasteiger partial charge in [-0.05, 0) is 48.1 Å². The van der Waals surface area contributed by atoms with Gasteiger partial charge >= 0.3 is 0 Å². The van der Waals surface area contributed by atoms with Crippen LogP contribution in [0.5, 0.6) is 0 Å². The van der Waals surface area contributed by atoms with E-state index in [0.29, 0.717) is 17.2 Å². The van der Waals surface area contributed by atoms with Crippen molar-refractivity contribution < 1.29 is 9.59 Å². The van der Waals surface area contributed by atoms with Crippen molar-refractivity contribution in [1.29, 1.82) is 0 Å². The Morgan fingerprint density at radius 1 is 0.839 bits per heavy atom. The van der Waals surface area contributed by atoms with Gasteiger partial charge in [0.25, 0.3) is 5.91 Å². The zero-order valence-corrected chi connectivity index (χ0v) is 17.8. The summed E-state index contributed by atoms with van der Waals surface area (Å²) < 4.78 is 0. The molecule has 0 bridgehead atoms. The van der Waals surface area contributed by atoms with Gasteiger partial charge in [0, 0.05) is 24.3 Å². The first-order valence-electron chi connectivity index (χ1n) is 10.9. The first kappa shape index (κ1) is 20.9. The van der Waals surface area contributed by atoms with E-state index >= 15 is 0 Å². The number of hydrogen-bond donors (Lipinski definition) is 1. The highest BCUT2D eigenvalue weighted by Crippen LogP contribution is 2.27. The van der Waals surface area contributed by atoms with Crippen LogP contribution in [0.2, 0.25) is 0 Å². The van der Waals surface area contributed by atoms with Crippen LogP contribution in [0.15, 0.2) is 84.9 Å². The summed E-state index contributed by atoms with van der Waals surface area (Å²) in [5.41, 5.74) is 3.11. The molecule has 0 spiro atoms. The summed E-state index contributed by atoms with van der Waals surface area (Å²) in [6.45, 7) is 3.81. The third-order valence-electron chi connectivity index (χ3n) is 5.98. The van der Waals surface area contributed by atoms with Gasteiger partial charge in [-0.15, -0.1) is 0 Å². The van der Waals surface area contributed by atoms with Crippen molar-refractivity contribution in [3.63, 3.8) is 0 Å². The lowest BCUT2D eigenvalue weighted by molar-refractivity contribution is -0.116. The van der Waals surface area contributed by atoms with Crippen LogP contribution in [0.3, 0.4) is 0 Å². The summed E-state index contributed by atoms with van der Waals surface area (Å²) in [6, 6.07) is 26.8. The molecule has 31 heavy (non-hydrogen) atoms. The van der Waals surface area contributed by atoms with E-state index in [1.165, 1.54) is 0 Å². The van der Waals surface area contributed by atoms with Crippen molar-refractivity contribution in [3.05, 3.63) is 102 Å². The Hall–Kier alpha value is -3.40. The van der Waals surface area contributed by atoms with Crippen molar-refractivity contribution in [2.45, 2.75) is 25.7 Å². The van der Waals surface area contributed by atoms with Crippen LogP contribution in [-0.2, 0) is 4.79 Å². The van der Waals surface area contributed by atoms with E-state index in [1.54, 1.807) is 6.07 Å². The summed E-state index contributed by atoms with van der Waals surface area (Å²) >= 11 is 0. The van der Waals surface area contributed by atoms with Crippen LogP contribution >= 0.6 is 0 Å². The number of nitrogens with zero attached hydrogens (tertiary/aromatic N) is 1. The number of carbonyl (C=O) groups is 2. The van der Waals surface area contributed by atoms with Crippen LogP contribution < -0.4 is 5.32 Å². The van der Waals surface area contributed by atoms with Crippen molar-refractivity contribution >= 4 is 17.5 Å². The fraction of sp³-hybridized carbons (Fsp3) is 0.259. The second-order valence-electron chi connectivity index (χ2n) is 8.30. The number of carbonyl (C=O) groups excluding carboxylic acids is 2. The largest absolute Gasteiger partial charge is 0.339 e. The maximum Gasteiger partial charge on any atom is 0.253 e. The number of benzene rings is 3. The summed E-state index contributed by atoms with van der Waals surface area (Å²) in [5, 5.41) is 3.03. The van der Waals surface area contributed by atoms with Gasteiger partial charge in [0.2, 0.25) is 5.91 Å². The highest BCUT2D eigenvalue weighted by molar-refractivity contribution is 6.00. The minimum Gasteiger partial charge on any atom is -0.339 e. The molecule has 3 aromatic rings. The highest BCUT2D eigenvalue weighted by atomic mass is 16.2. The molecule has 2 amide bonds. The number of nitrogens with one attached hydrogen (secondary N) is 1. The Morgan fingerprint density at radius 3 is 2.00 bits per heavy atom. The van der Waals surface area contributed by atoms with Crippen LogP contribution in [0.4, 0.5) is 5.69 Å². The zero-order valence-electron chi connectivity index (χ0n) is 17.8. The third kappa shape index (κ3) is 5.02.